The molecule has 0 atom stereocenters. The maximum Gasteiger partial charge on any atom is 0.263 e. The van der Waals surface area contributed by atoms with Crippen LogP contribution in [-0.4, -0.2) is 44.6 Å². The number of nitrogens with zero attached hydrogens (tertiary/aromatic N) is 1. The van der Waals surface area contributed by atoms with Crippen LogP contribution >= 0.6 is 0 Å². The summed E-state index contributed by atoms with van der Waals surface area (Å²) in [6.07, 6.45) is 0. The van der Waals surface area contributed by atoms with Gasteiger partial charge < -0.3 is 15.0 Å². The third-order valence-corrected chi connectivity index (χ3v) is 4.07. The largest absolute Gasteiger partial charge is 0.356 e. The van der Waals surface area contributed by atoms with Gasteiger partial charge in [-0.05, 0) is 25.1 Å². The van der Waals surface area contributed by atoms with Crippen molar-refractivity contribution in [1.82, 2.24) is 10.2 Å². The average Bonchev–Trinajstić information content (AvgIpc) is 2.65. The lowest BCUT2D eigenvalue weighted by Crippen LogP contribution is -2.49. The summed E-state index contributed by atoms with van der Waals surface area (Å²) < 4.78 is 6.15. The summed E-state index contributed by atoms with van der Waals surface area (Å²) in [6, 6.07) is 19.4. The number of hydrogen-bond donors (Lipinski definition) is 1. The van der Waals surface area contributed by atoms with E-state index in [-0.39, 0.29) is 5.91 Å². The maximum atomic E-state index is 13.4. The van der Waals surface area contributed by atoms with Crippen molar-refractivity contribution in [3.63, 3.8) is 0 Å². The second kappa shape index (κ2) is 8.62. The maximum absolute atomic E-state index is 13.4. The molecule has 0 saturated heterocycles. The molecule has 2 aromatic rings. The molecule has 1 amide bonds. The lowest BCUT2D eigenvalue weighted by atomic mass is 9.84. The first-order valence-electron chi connectivity index (χ1n) is 8.32. The van der Waals surface area contributed by atoms with E-state index in [4.69, 9.17) is 4.74 Å². The fourth-order valence-corrected chi connectivity index (χ4v) is 2.85. The van der Waals surface area contributed by atoms with Gasteiger partial charge in [-0.25, -0.2) is 0 Å². The number of ether oxygens (including phenoxy) is 1. The molecule has 0 aliphatic rings. The molecule has 4 nitrogen and oxygen atoms in total. The molecule has 0 heterocycles. The summed E-state index contributed by atoms with van der Waals surface area (Å²) >= 11 is 0. The number of rotatable bonds is 8. The molecule has 0 fully saturated rings. The molecular weight excluding hydrogens is 300 g/mol. The first-order chi connectivity index (χ1) is 11.7. The molecule has 0 aromatic heterocycles. The SMILES string of the molecule is CCOC(C(=O)N(C)CCNC)(c1ccccc1)c1ccccc1. The highest BCUT2D eigenvalue weighted by molar-refractivity contribution is 5.90. The zero-order chi connectivity index (χ0) is 17.4. The normalized spacial score (nSPS) is 11.3. The Kier molecular flexibility index (Phi) is 6.53. The van der Waals surface area contributed by atoms with Gasteiger partial charge in [0, 0.05) is 26.7 Å². The smallest absolute Gasteiger partial charge is 0.263 e. The van der Waals surface area contributed by atoms with Crippen LogP contribution in [0.2, 0.25) is 0 Å². The van der Waals surface area contributed by atoms with Crippen LogP contribution in [0.4, 0.5) is 0 Å². The predicted molar refractivity (Wildman–Crippen MR) is 96.9 cm³/mol. The molecule has 0 radical (unpaired) electrons. The number of hydrogen-bond acceptors (Lipinski definition) is 3. The summed E-state index contributed by atoms with van der Waals surface area (Å²) in [6.45, 7) is 3.70. The van der Waals surface area contributed by atoms with Crippen LogP contribution in [-0.2, 0) is 15.1 Å². The molecule has 24 heavy (non-hydrogen) atoms. The average molecular weight is 326 g/mol. The first kappa shape index (κ1) is 18.2. The highest BCUT2D eigenvalue weighted by atomic mass is 16.5. The molecular formula is C20H26N2O2. The minimum absolute atomic E-state index is 0.0583. The van der Waals surface area contributed by atoms with E-state index >= 15 is 0 Å². The lowest BCUT2D eigenvalue weighted by Gasteiger charge is -2.36. The number of carbonyl (C=O) groups is 1. The summed E-state index contributed by atoms with van der Waals surface area (Å²) in [4.78, 5) is 15.2. The number of benzene rings is 2. The van der Waals surface area contributed by atoms with Gasteiger partial charge in [0.1, 0.15) is 0 Å². The van der Waals surface area contributed by atoms with Gasteiger partial charge in [-0.1, -0.05) is 60.7 Å². The van der Waals surface area contributed by atoms with E-state index in [0.717, 1.165) is 17.7 Å². The van der Waals surface area contributed by atoms with Gasteiger partial charge in [-0.2, -0.15) is 0 Å². The Bertz CT molecular complexity index is 589. The van der Waals surface area contributed by atoms with Crippen molar-refractivity contribution in [2.75, 3.05) is 33.8 Å². The number of amides is 1. The predicted octanol–water partition coefficient (Wildman–Crippen LogP) is 2.64. The number of nitrogens with one attached hydrogen (secondary N) is 1. The summed E-state index contributed by atoms with van der Waals surface area (Å²) in [7, 11) is 3.70. The van der Waals surface area contributed by atoms with Gasteiger partial charge >= 0.3 is 0 Å². The minimum atomic E-state index is -1.13. The van der Waals surface area contributed by atoms with Gasteiger partial charge in [0.05, 0.1) is 0 Å². The first-order valence-corrected chi connectivity index (χ1v) is 8.32. The van der Waals surface area contributed by atoms with Crippen LogP contribution in [0.3, 0.4) is 0 Å². The van der Waals surface area contributed by atoms with Gasteiger partial charge in [0.2, 0.25) is 0 Å². The quantitative estimate of drug-likeness (QED) is 0.811. The summed E-state index contributed by atoms with van der Waals surface area (Å²) in [5.74, 6) is -0.0583. The van der Waals surface area contributed by atoms with Gasteiger partial charge in [0.15, 0.2) is 5.60 Å². The van der Waals surface area contributed by atoms with E-state index in [0.29, 0.717) is 13.2 Å². The van der Waals surface area contributed by atoms with Crippen molar-refractivity contribution in [2.24, 2.45) is 0 Å². The monoisotopic (exact) mass is 326 g/mol. The zero-order valence-electron chi connectivity index (χ0n) is 14.7. The van der Waals surface area contributed by atoms with Crippen molar-refractivity contribution in [3.8, 4) is 0 Å². The summed E-state index contributed by atoms with van der Waals surface area (Å²) in [5.41, 5.74) is 0.568. The van der Waals surface area contributed by atoms with Crippen LogP contribution in [0.5, 0.6) is 0 Å². The molecule has 0 unspecified atom stereocenters. The molecule has 4 heteroatoms. The third kappa shape index (κ3) is 3.66. The van der Waals surface area contributed by atoms with Crippen molar-refractivity contribution >= 4 is 5.91 Å². The molecule has 0 aliphatic carbocycles. The number of likely N-dealkylation sites (N-methyl/N-ethyl adjacent to an activating group) is 2. The Morgan fingerprint density at radius 3 is 1.96 bits per heavy atom. The number of carbonyl (C=O) groups excluding carboxylic acids is 1. The van der Waals surface area contributed by atoms with Crippen LogP contribution in [0.15, 0.2) is 60.7 Å². The molecule has 128 valence electrons. The van der Waals surface area contributed by atoms with Crippen molar-refractivity contribution < 1.29 is 9.53 Å². The second-order valence-corrected chi connectivity index (χ2v) is 5.68. The van der Waals surface area contributed by atoms with Gasteiger partial charge in [-0.15, -0.1) is 0 Å². The second-order valence-electron chi connectivity index (χ2n) is 5.68. The molecule has 2 aromatic carbocycles. The Morgan fingerprint density at radius 2 is 1.54 bits per heavy atom. The van der Waals surface area contributed by atoms with Crippen molar-refractivity contribution in [3.05, 3.63) is 71.8 Å². The van der Waals surface area contributed by atoms with Crippen molar-refractivity contribution in [1.29, 1.82) is 0 Å². The van der Waals surface area contributed by atoms with E-state index in [1.165, 1.54) is 0 Å². The Morgan fingerprint density at radius 1 is 1.04 bits per heavy atom. The van der Waals surface area contributed by atoms with Crippen molar-refractivity contribution in [2.45, 2.75) is 12.5 Å². The summed E-state index contributed by atoms with van der Waals surface area (Å²) in [5, 5.41) is 3.08. The van der Waals surface area contributed by atoms with E-state index < -0.39 is 5.60 Å². The van der Waals surface area contributed by atoms with Crippen LogP contribution < -0.4 is 5.32 Å². The Balaban J connectivity index is 2.56. The van der Waals surface area contributed by atoms with E-state index in [1.807, 2.05) is 81.7 Å². The molecule has 0 bridgehead atoms. The van der Waals surface area contributed by atoms with Crippen LogP contribution in [0.1, 0.15) is 18.1 Å². The van der Waals surface area contributed by atoms with E-state index in [9.17, 15) is 4.79 Å². The van der Waals surface area contributed by atoms with Crippen LogP contribution in [0.25, 0.3) is 0 Å². The Hall–Kier alpha value is -2.17. The third-order valence-electron chi connectivity index (χ3n) is 4.07. The molecule has 2 rings (SSSR count). The molecule has 0 aliphatic heterocycles. The van der Waals surface area contributed by atoms with E-state index in [2.05, 4.69) is 5.32 Å². The van der Waals surface area contributed by atoms with E-state index in [1.54, 1.807) is 4.90 Å². The van der Waals surface area contributed by atoms with Gasteiger partial charge in [0.25, 0.3) is 5.91 Å². The highest BCUT2D eigenvalue weighted by Gasteiger charge is 2.44. The van der Waals surface area contributed by atoms with Crippen LogP contribution in [0, 0.1) is 0 Å². The highest BCUT2D eigenvalue weighted by Crippen LogP contribution is 2.35. The minimum Gasteiger partial charge on any atom is -0.356 e. The molecule has 0 spiro atoms. The zero-order valence-corrected chi connectivity index (χ0v) is 14.7. The standard InChI is InChI=1S/C20H26N2O2/c1-4-24-20(17-11-7-5-8-12-17,18-13-9-6-10-14-18)19(23)22(3)16-15-21-2/h5-14,21H,4,15-16H2,1-3H3. The lowest BCUT2D eigenvalue weighted by molar-refractivity contribution is -0.152. The molecule has 0 saturated carbocycles. The Labute approximate surface area is 144 Å². The van der Waals surface area contributed by atoms with Gasteiger partial charge in [-0.3, -0.25) is 4.79 Å². The molecule has 1 N–H and O–H groups in total. The fraction of sp³-hybridized carbons (Fsp3) is 0.350. The fourth-order valence-electron chi connectivity index (χ4n) is 2.85. The topological polar surface area (TPSA) is 41.6 Å².